The Morgan fingerprint density at radius 3 is 2.59 bits per heavy atom. The predicted octanol–water partition coefficient (Wildman–Crippen LogP) is 3.09. The number of nitrogens with zero attached hydrogens (tertiary/aromatic N) is 2. The normalized spacial score (nSPS) is 16.0. The SMILES string of the molecule is CC(NC(=O)C1CCN(C(=O)c2ccc(F)cc2F)CC1)c1cccnc1. The lowest BCUT2D eigenvalue weighted by Crippen LogP contribution is -2.43. The summed E-state index contributed by atoms with van der Waals surface area (Å²) in [5.41, 5.74) is 0.773. The van der Waals surface area contributed by atoms with Crippen LogP contribution in [0, 0.1) is 17.6 Å². The number of halogens is 2. The number of piperidine rings is 1. The number of hydrogen-bond acceptors (Lipinski definition) is 3. The van der Waals surface area contributed by atoms with Crippen LogP contribution in [0.1, 0.15) is 41.7 Å². The lowest BCUT2D eigenvalue weighted by atomic mass is 9.94. The molecule has 0 radical (unpaired) electrons. The molecule has 7 heteroatoms. The maximum atomic E-state index is 13.8. The number of likely N-dealkylation sites (tertiary alicyclic amines) is 1. The van der Waals surface area contributed by atoms with E-state index in [0.29, 0.717) is 32.0 Å². The fourth-order valence-electron chi connectivity index (χ4n) is 3.22. The Labute approximate surface area is 156 Å². The molecule has 2 aromatic rings. The smallest absolute Gasteiger partial charge is 0.256 e. The first-order chi connectivity index (χ1) is 13.0. The van der Waals surface area contributed by atoms with Crippen LogP contribution in [-0.2, 0) is 4.79 Å². The first-order valence-electron chi connectivity index (χ1n) is 8.90. The Balaban J connectivity index is 1.55. The monoisotopic (exact) mass is 373 g/mol. The first-order valence-corrected chi connectivity index (χ1v) is 8.90. The van der Waals surface area contributed by atoms with Crippen molar-refractivity contribution >= 4 is 11.8 Å². The number of amides is 2. The summed E-state index contributed by atoms with van der Waals surface area (Å²) in [6.45, 7) is 2.61. The number of pyridine rings is 1. The number of nitrogens with one attached hydrogen (secondary N) is 1. The molecule has 1 atom stereocenters. The first kappa shape index (κ1) is 18.9. The second-order valence-electron chi connectivity index (χ2n) is 6.71. The van der Waals surface area contributed by atoms with Gasteiger partial charge in [-0.1, -0.05) is 6.07 Å². The van der Waals surface area contributed by atoms with Crippen molar-refractivity contribution in [2.45, 2.75) is 25.8 Å². The Bertz CT molecular complexity index is 821. The maximum Gasteiger partial charge on any atom is 0.256 e. The molecule has 3 rings (SSSR count). The van der Waals surface area contributed by atoms with E-state index in [1.807, 2.05) is 19.1 Å². The summed E-state index contributed by atoms with van der Waals surface area (Å²) in [6.07, 6.45) is 4.39. The van der Waals surface area contributed by atoms with Gasteiger partial charge in [0.25, 0.3) is 5.91 Å². The zero-order valence-corrected chi connectivity index (χ0v) is 15.0. The highest BCUT2D eigenvalue weighted by Crippen LogP contribution is 2.22. The maximum absolute atomic E-state index is 13.8. The van der Waals surface area contributed by atoms with E-state index in [-0.39, 0.29) is 23.4 Å². The van der Waals surface area contributed by atoms with E-state index in [9.17, 15) is 18.4 Å². The van der Waals surface area contributed by atoms with Gasteiger partial charge in [0.2, 0.25) is 5.91 Å². The van der Waals surface area contributed by atoms with E-state index in [0.717, 1.165) is 17.7 Å². The van der Waals surface area contributed by atoms with Crippen molar-refractivity contribution in [3.8, 4) is 0 Å². The number of carbonyl (C=O) groups excluding carboxylic acids is 2. The molecule has 1 aliphatic heterocycles. The van der Waals surface area contributed by atoms with Crippen LogP contribution in [0.15, 0.2) is 42.7 Å². The highest BCUT2D eigenvalue weighted by Gasteiger charge is 2.29. The molecule has 0 saturated carbocycles. The summed E-state index contributed by atoms with van der Waals surface area (Å²) < 4.78 is 26.8. The molecule has 5 nitrogen and oxygen atoms in total. The van der Waals surface area contributed by atoms with Crippen LogP contribution in [0.25, 0.3) is 0 Å². The summed E-state index contributed by atoms with van der Waals surface area (Å²) in [5.74, 6) is -2.33. The largest absolute Gasteiger partial charge is 0.349 e. The molecule has 142 valence electrons. The van der Waals surface area contributed by atoms with Gasteiger partial charge in [0.15, 0.2) is 0 Å². The Morgan fingerprint density at radius 1 is 1.22 bits per heavy atom. The number of rotatable bonds is 4. The molecular weight excluding hydrogens is 352 g/mol. The van der Waals surface area contributed by atoms with E-state index < -0.39 is 17.5 Å². The molecule has 27 heavy (non-hydrogen) atoms. The van der Waals surface area contributed by atoms with Crippen LogP contribution in [0.4, 0.5) is 8.78 Å². The van der Waals surface area contributed by atoms with Gasteiger partial charge in [0, 0.05) is 37.5 Å². The van der Waals surface area contributed by atoms with Crippen molar-refractivity contribution in [2.75, 3.05) is 13.1 Å². The molecule has 1 aromatic carbocycles. The summed E-state index contributed by atoms with van der Waals surface area (Å²) in [6, 6.07) is 6.48. The third-order valence-corrected chi connectivity index (χ3v) is 4.86. The Morgan fingerprint density at radius 2 is 1.96 bits per heavy atom. The standard InChI is InChI=1S/C20H21F2N3O2/c1-13(15-3-2-8-23-12-15)24-19(26)14-6-9-25(10-7-14)20(27)17-5-4-16(21)11-18(17)22/h2-5,8,11-14H,6-7,9-10H2,1H3,(H,24,26). The molecule has 1 aliphatic rings. The minimum atomic E-state index is -0.870. The van der Waals surface area contributed by atoms with Crippen molar-refractivity contribution in [3.05, 3.63) is 65.5 Å². The summed E-state index contributed by atoms with van der Waals surface area (Å²) >= 11 is 0. The quantitative estimate of drug-likeness (QED) is 0.896. The van der Waals surface area contributed by atoms with E-state index in [1.165, 1.54) is 4.90 Å². The van der Waals surface area contributed by atoms with Gasteiger partial charge in [0.1, 0.15) is 11.6 Å². The second kappa shape index (κ2) is 8.24. The van der Waals surface area contributed by atoms with Crippen molar-refractivity contribution in [1.82, 2.24) is 15.2 Å². The summed E-state index contributed by atoms with van der Waals surface area (Å²) in [5, 5.41) is 2.97. The highest BCUT2D eigenvalue weighted by atomic mass is 19.1. The molecule has 1 aromatic heterocycles. The number of carbonyl (C=O) groups is 2. The molecule has 0 aliphatic carbocycles. The molecule has 0 bridgehead atoms. The topological polar surface area (TPSA) is 62.3 Å². The van der Waals surface area contributed by atoms with Gasteiger partial charge in [0.05, 0.1) is 11.6 Å². The lowest BCUT2D eigenvalue weighted by Gasteiger charge is -2.32. The van der Waals surface area contributed by atoms with Gasteiger partial charge in [-0.2, -0.15) is 0 Å². The van der Waals surface area contributed by atoms with Crippen LogP contribution in [-0.4, -0.2) is 34.8 Å². The molecular formula is C20H21F2N3O2. The third-order valence-electron chi connectivity index (χ3n) is 4.86. The summed E-state index contributed by atoms with van der Waals surface area (Å²) in [7, 11) is 0. The zero-order chi connectivity index (χ0) is 19.4. The lowest BCUT2D eigenvalue weighted by molar-refractivity contribution is -0.127. The number of benzene rings is 1. The van der Waals surface area contributed by atoms with Gasteiger partial charge in [-0.25, -0.2) is 8.78 Å². The molecule has 2 heterocycles. The van der Waals surface area contributed by atoms with Gasteiger partial charge < -0.3 is 10.2 Å². The van der Waals surface area contributed by atoms with Gasteiger partial charge in [-0.3, -0.25) is 14.6 Å². The average molecular weight is 373 g/mol. The van der Waals surface area contributed by atoms with Crippen molar-refractivity contribution in [1.29, 1.82) is 0 Å². The average Bonchev–Trinajstić information content (AvgIpc) is 2.68. The Hall–Kier alpha value is -2.83. The number of hydrogen-bond donors (Lipinski definition) is 1. The van der Waals surface area contributed by atoms with Crippen LogP contribution < -0.4 is 5.32 Å². The van der Waals surface area contributed by atoms with E-state index in [1.54, 1.807) is 12.4 Å². The van der Waals surface area contributed by atoms with E-state index in [2.05, 4.69) is 10.3 Å². The van der Waals surface area contributed by atoms with Crippen LogP contribution in [0.5, 0.6) is 0 Å². The predicted molar refractivity (Wildman–Crippen MR) is 95.8 cm³/mol. The fraction of sp³-hybridized carbons (Fsp3) is 0.350. The van der Waals surface area contributed by atoms with E-state index in [4.69, 9.17) is 0 Å². The van der Waals surface area contributed by atoms with Crippen LogP contribution in [0.3, 0.4) is 0 Å². The summed E-state index contributed by atoms with van der Waals surface area (Å²) in [4.78, 5) is 30.5. The van der Waals surface area contributed by atoms with Gasteiger partial charge in [-0.15, -0.1) is 0 Å². The van der Waals surface area contributed by atoms with Gasteiger partial charge in [-0.05, 0) is 43.5 Å². The minimum absolute atomic E-state index is 0.0635. The van der Waals surface area contributed by atoms with E-state index >= 15 is 0 Å². The van der Waals surface area contributed by atoms with Crippen LogP contribution in [0.2, 0.25) is 0 Å². The van der Waals surface area contributed by atoms with Crippen molar-refractivity contribution in [3.63, 3.8) is 0 Å². The van der Waals surface area contributed by atoms with Crippen molar-refractivity contribution in [2.24, 2.45) is 5.92 Å². The minimum Gasteiger partial charge on any atom is -0.349 e. The van der Waals surface area contributed by atoms with Crippen molar-refractivity contribution < 1.29 is 18.4 Å². The highest BCUT2D eigenvalue weighted by molar-refractivity contribution is 5.94. The zero-order valence-electron chi connectivity index (χ0n) is 15.0. The molecule has 1 fully saturated rings. The second-order valence-corrected chi connectivity index (χ2v) is 6.71. The fourth-order valence-corrected chi connectivity index (χ4v) is 3.22. The van der Waals surface area contributed by atoms with Crippen LogP contribution >= 0.6 is 0 Å². The third kappa shape index (κ3) is 4.48. The molecule has 2 amide bonds. The molecule has 1 unspecified atom stereocenters. The van der Waals surface area contributed by atoms with Gasteiger partial charge >= 0.3 is 0 Å². The molecule has 1 N–H and O–H groups in total. The molecule has 0 spiro atoms. The number of aromatic nitrogens is 1. The Kier molecular flexibility index (Phi) is 5.78. The molecule has 1 saturated heterocycles.